The number of piperazine rings is 1. The molecule has 0 radical (unpaired) electrons. The molecule has 40 heavy (non-hydrogen) atoms. The van der Waals surface area contributed by atoms with Gasteiger partial charge in [-0.05, 0) is 38.6 Å². The van der Waals surface area contributed by atoms with Crippen molar-refractivity contribution in [2.24, 2.45) is 12.0 Å². The number of aliphatic imine (C=N–C) groups is 1. The van der Waals surface area contributed by atoms with E-state index in [1.807, 2.05) is 49.3 Å². The van der Waals surface area contributed by atoms with E-state index in [-0.39, 0.29) is 12.3 Å². The number of carbonyl (C=O) groups is 1. The summed E-state index contributed by atoms with van der Waals surface area (Å²) in [6.45, 7) is 7.17. The first kappa shape index (κ1) is 26.4. The number of fused-ring (bicyclic) bond motifs is 3. The molecular weight excluding hydrogens is 544 g/mol. The van der Waals surface area contributed by atoms with Crippen molar-refractivity contribution in [3.05, 3.63) is 80.5 Å². The summed E-state index contributed by atoms with van der Waals surface area (Å²) in [5.74, 6) is 8.08. The quantitative estimate of drug-likeness (QED) is 0.349. The first-order valence-electron chi connectivity index (χ1n) is 13.1. The van der Waals surface area contributed by atoms with Crippen LogP contribution in [0.3, 0.4) is 0 Å². The Morgan fingerprint density at radius 1 is 1.07 bits per heavy atom. The van der Waals surface area contributed by atoms with Crippen LogP contribution >= 0.6 is 22.9 Å². The predicted molar refractivity (Wildman–Crippen MR) is 156 cm³/mol. The molecule has 1 atom stereocenters. The third-order valence-electron chi connectivity index (χ3n) is 7.37. The summed E-state index contributed by atoms with van der Waals surface area (Å²) in [7, 11) is 3.96. The molecule has 204 valence electrons. The van der Waals surface area contributed by atoms with Gasteiger partial charge < -0.3 is 9.80 Å². The molecule has 0 N–H and O–H groups in total. The highest BCUT2D eigenvalue weighted by atomic mass is 35.5. The van der Waals surface area contributed by atoms with Crippen LogP contribution in [-0.2, 0) is 11.8 Å². The summed E-state index contributed by atoms with van der Waals surface area (Å²) in [6.07, 6.45) is 3.87. The largest absolute Gasteiger partial charge is 0.340 e. The molecule has 0 saturated carbocycles. The van der Waals surface area contributed by atoms with E-state index in [0.29, 0.717) is 23.9 Å². The topological polar surface area (TPSA) is 84.4 Å². The van der Waals surface area contributed by atoms with Crippen LogP contribution in [0.25, 0.3) is 5.00 Å². The summed E-state index contributed by atoms with van der Waals surface area (Å²) in [5.41, 5.74) is 4.57. The molecular formula is C29H29ClN8OS. The van der Waals surface area contributed by atoms with Gasteiger partial charge in [-0.3, -0.25) is 19.0 Å². The molecule has 1 aromatic carbocycles. The Kier molecular flexibility index (Phi) is 7.04. The van der Waals surface area contributed by atoms with Crippen LogP contribution in [0.15, 0.2) is 41.7 Å². The molecule has 0 bridgehead atoms. The Morgan fingerprint density at radius 2 is 1.82 bits per heavy atom. The Balaban J connectivity index is 1.48. The minimum absolute atomic E-state index is 0.0783. The van der Waals surface area contributed by atoms with Gasteiger partial charge in [0.2, 0.25) is 5.91 Å². The highest BCUT2D eigenvalue weighted by Gasteiger charge is 2.34. The average Bonchev–Trinajstić information content (AvgIpc) is 3.60. The van der Waals surface area contributed by atoms with Crippen molar-refractivity contribution in [2.75, 3.05) is 33.2 Å². The lowest BCUT2D eigenvalue weighted by Gasteiger charge is -2.33. The Bertz CT molecular complexity index is 1680. The lowest BCUT2D eigenvalue weighted by atomic mass is 9.99. The van der Waals surface area contributed by atoms with E-state index < -0.39 is 6.04 Å². The maximum atomic E-state index is 13.5. The zero-order valence-corrected chi connectivity index (χ0v) is 24.4. The average molecular weight is 573 g/mol. The van der Waals surface area contributed by atoms with Crippen LogP contribution in [0.4, 0.5) is 0 Å². The number of aromatic nitrogens is 5. The first-order chi connectivity index (χ1) is 19.3. The number of benzene rings is 1. The molecule has 6 rings (SSSR count). The zero-order valence-electron chi connectivity index (χ0n) is 22.8. The second-order valence-corrected chi connectivity index (χ2v) is 11.7. The highest BCUT2D eigenvalue weighted by Crippen LogP contribution is 2.40. The Labute approximate surface area is 242 Å². The summed E-state index contributed by atoms with van der Waals surface area (Å²) in [5, 5.41) is 14.8. The molecule has 1 amide bonds. The third-order valence-corrected chi connectivity index (χ3v) is 8.81. The number of nitrogens with zero attached hydrogens (tertiary/aromatic N) is 8. The van der Waals surface area contributed by atoms with Crippen molar-refractivity contribution in [3.63, 3.8) is 0 Å². The number of likely N-dealkylation sites (N-methyl/N-ethyl adjacent to an activating group) is 1. The van der Waals surface area contributed by atoms with Gasteiger partial charge >= 0.3 is 0 Å². The van der Waals surface area contributed by atoms with E-state index in [2.05, 4.69) is 50.6 Å². The highest BCUT2D eigenvalue weighted by molar-refractivity contribution is 7.15. The number of hydrogen-bond donors (Lipinski definition) is 0. The molecule has 0 aliphatic carbocycles. The molecule has 1 fully saturated rings. The number of hydrogen-bond acceptors (Lipinski definition) is 7. The standard InChI is InChI=1S/C29H29ClN8OS/c1-18-24(10-5-20-16-31-36(4)17-20)40-29-26(18)27(21-6-8-22(30)9-7-21)32-23(28-34-33-19(2)38(28)29)15-25(39)37-13-11-35(3)12-14-37/h6-9,16-17,23H,11-15H2,1-4H3/t23-/m0/s1. The second kappa shape index (κ2) is 10.7. The smallest absolute Gasteiger partial charge is 0.225 e. The maximum absolute atomic E-state index is 13.5. The molecule has 9 nitrogen and oxygen atoms in total. The van der Waals surface area contributed by atoms with E-state index in [1.54, 1.807) is 22.2 Å². The molecule has 3 aromatic heterocycles. The first-order valence-corrected chi connectivity index (χ1v) is 14.3. The molecule has 0 unspecified atom stereocenters. The van der Waals surface area contributed by atoms with Crippen molar-refractivity contribution >= 4 is 34.6 Å². The van der Waals surface area contributed by atoms with E-state index >= 15 is 0 Å². The molecule has 0 spiro atoms. The maximum Gasteiger partial charge on any atom is 0.225 e. The zero-order chi connectivity index (χ0) is 28.0. The van der Waals surface area contributed by atoms with E-state index in [9.17, 15) is 4.79 Å². The normalized spacial score (nSPS) is 17.0. The fraction of sp³-hybridized carbons (Fsp3) is 0.345. The SMILES string of the molecule is Cc1c(C#Cc2cnn(C)c2)sc2c1C(c1ccc(Cl)cc1)=N[C@@H](CC(=O)N1CCN(C)CC1)c1nnc(C)n1-2. The Morgan fingerprint density at radius 3 is 2.52 bits per heavy atom. The van der Waals surface area contributed by atoms with Gasteiger partial charge in [0, 0.05) is 55.6 Å². The van der Waals surface area contributed by atoms with Gasteiger partial charge in [-0.2, -0.15) is 5.10 Å². The van der Waals surface area contributed by atoms with Gasteiger partial charge in [0.1, 0.15) is 16.9 Å². The summed E-state index contributed by atoms with van der Waals surface area (Å²) in [4.78, 5) is 23.8. The number of thiophene rings is 1. The number of halogens is 1. The van der Waals surface area contributed by atoms with Gasteiger partial charge in [0.25, 0.3) is 0 Å². The van der Waals surface area contributed by atoms with E-state index in [4.69, 9.17) is 16.6 Å². The molecule has 5 heterocycles. The molecule has 11 heteroatoms. The van der Waals surface area contributed by atoms with Crippen LogP contribution in [0.5, 0.6) is 0 Å². The summed E-state index contributed by atoms with van der Waals surface area (Å²) < 4.78 is 3.79. The third kappa shape index (κ3) is 4.96. The van der Waals surface area contributed by atoms with Gasteiger partial charge in [-0.25, -0.2) is 0 Å². The van der Waals surface area contributed by atoms with Crippen LogP contribution in [0.2, 0.25) is 5.02 Å². The minimum atomic E-state index is -0.483. The molecule has 4 aromatic rings. The minimum Gasteiger partial charge on any atom is -0.340 e. The predicted octanol–water partition coefficient (Wildman–Crippen LogP) is 3.79. The number of aryl methyl sites for hydroxylation is 2. The Hall–Kier alpha value is -3.78. The lowest BCUT2D eigenvalue weighted by Crippen LogP contribution is -2.47. The van der Waals surface area contributed by atoms with Gasteiger partial charge in [0.05, 0.1) is 28.8 Å². The van der Waals surface area contributed by atoms with Crippen LogP contribution < -0.4 is 0 Å². The van der Waals surface area contributed by atoms with Crippen LogP contribution in [0, 0.1) is 25.7 Å². The second-order valence-electron chi connectivity index (χ2n) is 10.2. The van der Waals surface area contributed by atoms with Crippen molar-refractivity contribution in [3.8, 4) is 16.8 Å². The van der Waals surface area contributed by atoms with Crippen LogP contribution in [0.1, 0.15) is 51.2 Å². The van der Waals surface area contributed by atoms with Crippen molar-refractivity contribution in [1.82, 2.24) is 34.3 Å². The van der Waals surface area contributed by atoms with Crippen LogP contribution in [-0.4, -0.2) is 79.2 Å². The van der Waals surface area contributed by atoms with Crippen molar-refractivity contribution < 1.29 is 4.79 Å². The fourth-order valence-electron chi connectivity index (χ4n) is 5.11. The monoisotopic (exact) mass is 572 g/mol. The van der Waals surface area contributed by atoms with Crippen molar-refractivity contribution in [2.45, 2.75) is 26.3 Å². The van der Waals surface area contributed by atoms with Gasteiger partial charge in [-0.15, -0.1) is 21.5 Å². The number of rotatable bonds is 3. The lowest BCUT2D eigenvalue weighted by molar-refractivity contribution is -0.133. The van der Waals surface area contributed by atoms with Crippen molar-refractivity contribution in [1.29, 1.82) is 0 Å². The van der Waals surface area contributed by atoms with E-state index in [0.717, 1.165) is 56.8 Å². The molecule has 2 aliphatic rings. The number of amides is 1. The molecule has 2 aliphatic heterocycles. The van der Waals surface area contributed by atoms with Gasteiger partial charge in [-0.1, -0.05) is 35.6 Å². The molecule has 1 saturated heterocycles. The van der Waals surface area contributed by atoms with E-state index in [1.165, 1.54) is 0 Å². The summed E-state index contributed by atoms with van der Waals surface area (Å²) >= 11 is 7.84. The number of carbonyl (C=O) groups excluding carboxylic acids is 1. The van der Waals surface area contributed by atoms with Gasteiger partial charge in [0.15, 0.2) is 5.82 Å². The fourth-order valence-corrected chi connectivity index (χ4v) is 6.45. The summed E-state index contributed by atoms with van der Waals surface area (Å²) in [6, 6.07) is 7.20.